The maximum atomic E-state index is 11.8. The van der Waals surface area contributed by atoms with Gasteiger partial charge in [-0.3, -0.25) is 4.79 Å². The number of phenolic OH excluding ortho intramolecular Hbond substituents is 2. The van der Waals surface area contributed by atoms with Gasteiger partial charge in [-0.25, -0.2) is 0 Å². The smallest absolute Gasteiger partial charge is 0.164 e. The number of aliphatic hydroxyl groups is 1. The Labute approximate surface area is 191 Å². The molecule has 1 aromatic rings. The summed E-state index contributed by atoms with van der Waals surface area (Å²) in [4.78, 5) is 11.8. The molecule has 0 radical (unpaired) electrons. The number of benzene rings is 1. The van der Waals surface area contributed by atoms with Gasteiger partial charge < -0.3 is 20.1 Å². The normalized spacial score (nSPS) is 44.3. The molecule has 5 rings (SSSR count). The lowest BCUT2D eigenvalue weighted by atomic mass is 9.37. The molecular formula is C27H38O5. The molecule has 3 N–H and O–H groups in total. The van der Waals surface area contributed by atoms with Crippen LogP contribution in [0.2, 0.25) is 0 Å². The summed E-state index contributed by atoms with van der Waals surface area (Å²) in [6, 6.07) is 1.32. The van der Waals surface area contributed by atoms with Crippen LogP contribution in [-0.4, -0.2) is 33.3 Å². The molecular weight excluding hydrogens is 404 g/mol. The third-order valence-corrected chi connectivity index (χ3v) is 10.9. The minimum Gasteiger partial charge on any atom is -0.504 e. The molecule has 1 aliphatic heterocycles. The van der Waals surface area contributed by atoms with Crippen LogP contribution in [0.3, 0.4) is 0 Å². The van der Waals surface area contributed by atoms with Crippen molar-refractivity contribution < 1.29 is 24.9 Å². The first-order valence-corrected chi connectivity index (χ1v) is 12.3. The Morgan fingerprint density at radius 1 is 1.03 bits per heavy atom. The van der Waals surface area contributed by atoms with Crippen molar-refractivity contribution in [2.75, 3.05) is 0 Å². The minimum absolute atomic E-state index is 0.110. The van der Waals surface area contributed by atoms with Crippen molar-refractivity contribution in [1.82, 2.24) is 0 Å². The van der Waals surface area contributed by atoms with E-state index in [0.717, 1.165) is 38.5 Å². The number of fused-ring (bicyclic) bond motifs is 5. The standard InChI is InChI=1S/C27H38O5/c1-15-6-7-20-25(4)10-9-21(30)24(2,3)19(25)8-11-26(20,5)27(15)13-17-22(31)18(29)12-16(14-28)23(17)32-27/h12,14-15,19-21,29-31H,6-11,13H2,1-5H3. The Kier molecular flexibility index (Phi) is 4.58. The van der Waals surface area contributed by atoms with Crippen molar-refractivity contribution in [2.45, 2.75) is 91.3 Å². The van der Waals surface area contributed by atoms with Crippen LogP contribution in [0.1, 0.15) is 89.1 Å². The van der Waals surface area contributed by atoms with E-state index in [1.165, 1.54) is 6.07 Å². The lowest BCUT2D eigenvalue weighted by molar-refractivity contribution is -0.238. The molecule has 1 heterocycles. The summed E-state index contributed by atoms with van der Waals surface area (Å²) in [5.41, 5.74) is 0.238. The second-order valence-corrected chi connectivity index (χ2v) is 12.3. The van der Waals surface area contributed by atoms with Crippen LogP contribution in [0.15, 0.2) is 6.07 Å². The van der Waals surface area contributed by atoms with Crippen LogP contribution >= 0.6 is 0 Å². The monoisotopic (exact) mass is 442 g/mol. The van der Waals surface area contributed by atoms with E-state index in [9.17, 15) is 20.1 Å². The average molecular weight is 443 g/mol. The topological polar surface area (TPSA) is 87.0 Å². The molecule has 7 unspecified atom stereocenters. The third kappa shape index (κ3) is 2.47. The largest absolute Gasteiger partial charge is 0.504 e. The molecule has 0 amide bonds. The number of carbonyl (C=O) groups is 1. The van der Waals surface area contributed by atoms with Crippen LogP contribution in [-0.2, 0) is 6.42 Å². The van der Waals surface area contributed by atoms with Gasteiger partial charge in [-0.15, -0.1) is 0 Å². The predicted molar refractivity (Wildman–Crippen MR) is 122 cm³/mol. The highest BCUT2D eigenvalue weighted by Gasteiger charge is 2.70. The van der Waals surface area contributed by atoms with E-state index in [1.54, 1.807) is 0 Å². The van der Waals surface area contributed by atoms with Gasteiger partial charge in [0.1, 0.15) is 11.4 Å². The second-order valence-electron chi connectivity index (χ2n) is 12.3. The van der Waals surface area contributed by atoms with Crippen LogP contribution in [0.25, 0.3) is 0 Å². The first-order valence-electron chi connectivity index (χ1n) is 12.3. The van der Waals surface area contributed by atoms with Gasteiger partial charge in [0.05, 0.1) is 11.7 Å². The number of aliphatic hydroxyl groups excluding tert-OH is 1. The van der Waals surface area contributed by atoms with E-state index in [-0.39, 0.29) is 39.8 Å². The molecule has 5 heteroatoms. The first-order chi connectivity index (χ1) is 14.9. The number of rotatable bonds is 1. The molecule has 0 aromatic heterocycles. The zero-order valence-corrected chi connectivity index (χ0v) is 20.1. The second kappa shape index (κ2) is 6.65. The van der Waals surface area contributed by atoms with Crippen LogP contribution in [0, 0.1) is 34.0 Å². The number of aldehydes is 1. The zero-order valence-electron chi connectivity index (χ0n) is 20.1. The highest BCUT2D eigenvalue weighted by Crippen LogP contribution is 2.72. The Morgan fingerprint density at radius 2 is 1.75 bits per heavy atom. The summed E-state index contributed by atoms with van der Waals surface area (Å²) >= 11 is 0. The number of carbonyl (C=O) groups excluding carboxylic acids is 1. The molecule has 4 aliphatic rings. The third-order valence-electron chi connectivity index (χ3n) is 10.9. The van der Waals surface area contributed by atoms with Crippen LogP contribution in [0.5, 0.6) is 17.2 Å². The first kappa shape index (κ1) is 22.1. The highest BCUT2D eigenvalue weighted by molar-refractivity contribution is 5.83. The van der Waals surface area contributed by atoms with Gasteiger partial charge in [0.2, 0.25) is 0 Å². The van der Waals surface area contributed by atoms with Crippen molar-refractivity contribution in [3.8, 4) is 17.2 Å². The summed E-state index contributed by atoms with van der Waals surface area (Å²) in [5, 5.41) is 31.7. The van der Waals surface area contributed by atoms with Crippen molar-refractivity contribution in [3.05, 3.63) is 17.2 Å². The Balaban J connectivity index is 1.62. The summed E-state index contributed by atoms with van der Waals surface area (Å²) in [5.74, 6) is 1.20. The molecule has 32 heavy (non-hydrogen) atoms. The Morgan fingerprint density at radius 3 is 2.44 bits per heavy atom. The Hall–Kier alpha value is -1.75. The lowest BCUT2D eigenvalue weighted by Crippen LogP contribution is -2.68. The van der Waals surface area contributed by atoms with E-state index in [2.05, 4.69) is 34.6 Å². The molecule has 176 valence electrons. The molecule has 0 saturated heterocycles. The van der Waals surface area contributed by atoms with Gasteiger partial charge in [0.15, 0.2) is 17.8 Å². The number of ether oxygens (including phenoxy) is 1. The maximum Gasteiger partial charge on any atom is 0.164 e. The minimum atomic E-state index is -0.518. The fourth-order valence-electron chi connectivity index (χ4n) is 9.07. The van der Waals surface area contributed by atoms with E-state index in [4.69, 9.17) is 4.74 Å². The van der Waals surface area contributed by atoms with Gasteiger partial charge in [-0.05, 0) is 73.2 Å². The SMILES string of the molecule is CC1CCC2C3(C)CCC(O)C(C)(C)C3CCC2(C)C12Cc1c(O)c(O)cc(C=O)c1O2. The van der Waals surface area contributed by atoms with E-state index in [1.807, 2.05) is 0 Å². The Bertz CT molecular complexity index is 969. The maximum absolute atomic E-state index is 11.8. The van der Waals surface area contributed by atoms with Crippen molar-refractivity contribution in [3.63, 3.8) is 0 Å². The molecule has 0 bridgehead atoms. The number of hydrogen-bond acceptors (Lipinski definition) is 5. The van der Waals surface area contributed by atoms with E-state index < -0.39 is 5.60 Å². The summed E-state index contributed by atoms with van der Waals surface area (Å²) < 4.78 is 6.82. The average Bonchev–Trinajstić information content (AvgIpc) is 3.15. The highest BCUT2D eigenvalue weighted by atomic mass is 16.5. The van der Waals surface area contributed by atoms with Crippen molar-refractivity contribution in [2.24, 2.45) is 34.0 Å². The van der Waals surface area contributed by atoms with Gasteiger partial charge in [-0.1, -0.05) is 34.6 Å². The van der Waals surface area contributed by atoms with E-state index in [0.29, 0.717) is 41.4 Å². The van der Waals surface area contributed by atoms with Gasteiger partial charge in [0.25, 0.3) is 0 Å². The number of phenols is 2. The van der Waals surface area contributed by atoms with Gasteiger partial charge in [0, 0.05) is 17.4 Å². The predicted octanol–water partition coefficient (Wildman–Crippen LogP) is 5.23. The molecule has 3 aliphatic carbocycles. The summed E-state index contributed by atoms with van der Waals surface area (Å²) in [6.45, 7) is 11.5. The van der Waals surface area contributed by atoms with E-state index >= 15 is 0 Å². The molecule has 1 aromatic carbocycles. The zero-order chi connectivity index (χ0) is 23.3. The van der Waals surface area contributed by atoms with Crippen molar-refractivity contribution in [1.29, 1.82) is 0 Å². The molecule has 3 fully saturated rings. The summed E-state index contributed by atoms with van der Waals surface area (Å²) in [7, 11) is 0. The fraction of sp³-hybridized carbons (Fsp3) is 0.741. The fourth-order valence-corrected chi connectivity index (χ4v) is 9.07. The lowest BCUT2D eigenvalue weighted by Gasteiger charge is -2.69. The van der Waals surface area contributed by atoms with Crippen LogP contribution in [0.4, 0.5) is 0 Å². The molecule has 3 saturated carbocycles. The summed E-state index contributed by atoms with van der Waals surface area (Å²) in [6.07, 6.45) is 7.03. The van der Waals surface area contributed by atoms with Crippen LogP contribution < -0.4 is 4.74 Å². The number of hydrogen-bond donors (Lipinski definition) is 3. The quantitative estimate of drug-likeness (QED) is 0.409. The van der Waals surface area contributed by atoms with Crippen molar-refractivity contribution >= 4 is 6.29 Å². The molecule has 5 nitrogen and oxygen atoms in total. The van der Waals surface area contributed by atoms with Gasteiger partial charge in [-0.2, -0.15) is 0 Å². The van der Waals surface area contributed by atoms with Gasteiger partial charge >= 0.3 is 0 Å². The molecule has 1 spiro atoms. The number of aromatic hydroxyl groups is 2. The molecule has 7 atom stereocenters.